The van der Waals surface area contributed by atoms with E-state index in [-0.39, 0.29) is 37.2 Å². The van der Waals surface area contributed by atoms with Crippen molar-refractivity contribution >= 4 is 17.8 Å². The second-order valence-electron chi connectivity index (χ2n) is 11.0. The molecule has 0 aliphatic heterocycles. The van der Waals surface area contributed by atoms with Crippen LogP contribution in [-0.2, 0) is 30.3 Å². The molecule has 4 rings (SSSR count). The van der Waals surface area contributed by atoms with E-state index in [4.69, 9.17) is 9.47 Å². The van der Waals surface area contributed by atoms with E-state index in [1.807, 2.05) is 75.4 Å². The lowest BCUT2D eigenvalue weighted by Crippen LogP contribution is -2.35. The van der Waals surface area contributed by atoms with Gasteiger partial charge >= 0.3 is 11.9 Å². The highest BCUT2D eigenvalue weighted by Crippen LogP contribution is 2.44. The molecular formula is C33H37NO5. The molecule has 1 aliphatic rings. The number of carbonyl (C=O) groups excluding carboxylic acids is 3. The summed E-state index contributed by atoms with van der Waals surface area (Å²) in [5.41, 5.74) is 5.07. The Labute approximate surface area is 230 Å². The molecule has 6 nitrogen and oxygen atoms in total. The van der Waals surface area contributed by atoms with Crippen molar-refractivity contribution < 1.29 is 23.9 Å². The van der Waals surface area contributed by atoms with Crippen LogP contribution >= 0.6 is 0 Å². The number of amides is 1. The van der Waals surface area contributed by atoms with Crippen LogP contribution in [0.15, 0.2) is 78.9 Å². The van der Waals surface area contributed by atoms with Gasteiger partial charge in [-0.25, -0.2) is 0 Å². The van der Waals surface area contributed by atoms with Gasteiger partial charge in [-0.2, -0.15) is 0 Å². The maximum atomic E-state index is 13.1. The molecule has 3 aromatic carbocycles. The lowest BCUT2D eigenvalue weighted by atomic mass is 9.95. The summed E-state index contributed by atoms with van der Waals surface area (Å²) in [6, 6.07) is 26.0. The molecule has 39 heavy (non-hydrogen) atoms. The maximum absolute atomic E-state index is 13.1. The number of rotatable bonds is 11. The fourth-order valence-electron chi connectivity index (χ4n) is 5.01. The van der Waals surface area contributed by atoms with Gasteiger partial charge in [0.05, 0.1) is 12.3 Å². The van der Waals surface area contributed by atoms with Gasteiger partial charge in [0.25, 0.3) is 0 Å². The number of benzene rings is 3. The number of hydrogen-bond donors (Lipinski definition) is 1. The van der Waals surface area contributed by atoms with Crippen molar-refractivity contribution in [3.05, 3.63) is 95.6 Å². The molecule has 1 aliphatic carbocycles. The van der Waals surface area contributed by atoms with E-state index in [0.29, 0.717) is 19.4 Å². The second-order valence-corrected chi connectivity index (χ2v) is 11.0. The Kier molecular flexibility index (Phi) is 9.18. The number of esters is 2. The Morgan fingerprint density at radius 1 is 0.821 bits per heavy atom. The summed E-state index contributed by atoms with van der Waals surface area (Å²) < 4.78 is 11.1. The Balaban J connectivity index is 1.35. The third-order valence-corrected chi connectivity index (χ3v) is 6.76. The summed E-state index contributed by atoms with van der Waals surface area (Å²) in [7, 11) is 0. The number of nitrogens with one attached hydrogen (secondary N) is 1. The van der Waals surface area contributed by atoms with Gasteiger partial charge < -0.3 is 14.8 Å². The van der Waals surface area contributed by atoms with Crippen molar-refractivity contribution in [1.82, 2.24) is 5.32 Å². The van der Waals surface area contributed by atoms with Crippen LogP contribution in [-0.4, -0.2) is 36.6 Å². The Morgan fingerprint density at radius 2 is 1.41 bits per heavy atom. The Hall–Kier alpha value is -3.93. The molecule has 3 aromatic rings. The fraction of sp³-hybridized carbons (Fsp3) is 0.364. The van der Waals surface area contributed by atoms with Gasteiger partial charge in [-0.1, -0.05) is 78.9 Å². The molecular weight excluding hydrogens is 490 g/mol. The van der Waals surface area contributed by atoms with Crippen molar-refractivity contribution in [2.45, 2.75) is 58.0 Å². The van der Waals surface area contributed by atoms with Crippen molar-refractivity contribution in [3.63, 3.8) is 0 Å². The highest BCUT2D eigenvalue weighted by Gasteiger charge is 2.30. The van der Waals surface area contributed by atoms with Crippen molar-refractivity contribution in [1.29, 1.82) is 0 Å². The first-order valence-electron chi connectivity index (χ1n) is 13.6. The smallest absolute Gasteiger partial charge is 0.306 e. The highest BCUT2D eigenvalue weighted by atomic mass is 16.6. The van der Waals surface area contributed by atoms with E-state index in [0.717, 1.165) is 16.7 Å². The van der Waals surface area contributed by atoms with E-state index in [1.165, 1.54) is 11.1 Å². The molecule has 1 N–H and O–H groups in total. The van der Waals surface area contributed by atoms with Gasteiger partial charge in [0.1, 0.15) is 12.2 Å². The molecule has 0 unspecified atom stereocenters. The third-order valence-electron chi connectivity index (χ3n) is 6.76. The Morgan fingerprint density at radius 3 is 2.03 bits per heavy atom. The van der Waals surface area contributed by atoms with Crippen molar-refractivity contribution in [2.75, 3.05) is 13.2 Å². The van der Waals surface area contributed by atoms with Crippen LogP contribution in [0.1, 0.15) is 62.6 Å². The number of fused-ring (bicyclic) bond motifs is 3. The molecule has 0 heterocycles. The minimum atomic E-state index is -0.579. The van der Waals surface area contributed by atoms with E-state index in [1.54, 1.807) is 0 Å². The molecule has 1 amide bonds. The van der Waals surface area contributed by atoms with Crippen LogP contribution in [0.2, 0.25) is 0 Å². The first-order chi connectivity index (χ1) is 18.7. The second kappa shape index (κ2) is 12.7. The number of carbonyl (C=O) groups is 3. The summed E-state index contributed by atoms with van der Waals surface area (Å²) in [5, 5.41) is 2.90. The molecule has 6 heteroatoms. The molecule has 0 fully saturated rings. The zero-order valence-electron chi connectivity index (χ0n) is 22.9. The van der Waals surface area contributed by atoms with Gasteiger partial charge in [0.15, 0.2) is 0 Å². The van der Waals surface area contributed by atoms with Crippen molar-refractivity contribution in [2.24, 2.45) is 5.92 Å². The maximum Gasteiger partial charge on any atom is 0.306 e. The highest BCUT2D eigenvalue weighted by molar-refractivity contribution is 5.84. The predicted octanol–water partition coefficient (Wildman–Crippen LogP) is 5.83. The largest absolute Gasteiger partial charge is 0.465 e. The van der Waals surface area contributed by atoms with Gasteiger partial charge in [0.2, 0.25) is 5.91 Å². The van der Waals surface area contributed by atoms with E-state index >= 15 is 0 Å². The topological polar surface area (TPSA) is 81.7 Å². The van der Waals surface area contributed by atoms with E-state index in [2.05, 4.69) is 29.6 Å². The minimum absolute atomic E-state index is 0.0250. The molecule has 0 aromatic heterocycles. The Bertz CT molecular complexity index is 1250. The quantitative estimate of drug-likeness (QED) is 0.251. The number of ether oxygens (including phenoxy) is 2. The monoisotopic (exact) mass is 527 g/mol. The molecule has 0 radical (unpaired) electrons. The number of hydrogen-bond acceptors (Lipinski definition) is 5. The standard InChI is InChI=1S/C33H37NO5/c1-33(2,3)39-30(35)18-11-19-34-32(37)24(20-23-12-5-4-6-13-23)21-31(36)38-22-29-27-16-9-7-14-25(27)26-15-8-10-17-28(26)29/h4-10,12-17,24,29H,11,18-22H2,1-3H3,(H,34,37)/t24-/m1/s1. The average molecular weight is 528 g/mol. The first kappa shape index (κ1) is 28.1. The molecule has 0 bridgehead atoms. The summed E-state index contributed by atoms with van der Waals surface area (Å²) in [5.74, 6) is -1.53. The summed E-state index contributed by atoms with van der Waals surface area (Å²) in [6.45, 7) is 6.02. The zero-order valence-corrected chi connectivity index (χ0v) is 22.9. The van der Waals surface area contributed by atoms with Crippen LogP contribution in [0, 0.1) is 5.92 Å². The van der Waals surface area contributed by atoms with Crippen LogP contribution < -0.4 is 5.32 Å². The predicted molar refractivity (Wildman–Crippen MR) is 151 cm³/mol. The molecule has 0 saturated heterocycles. The summed E-state index contributed by atoms with van der Waals surface area (Å²) in [6.07, 6.45) is 1.07. The average Bonchev–Trinajstić information content (AvgIpc) is 3.23. The summed E-state index contributed by atoms with van der Waals surface area (Å²) >= 11 is 0. The lowest BCUT2D eigenvalue weighted by molar-refractivity contribution is -0.155. The van der Waals surface area contributed by atoms with E-state index < -0.39 is 17.5 Å². The normalized spacial score (nSPS) is 13.2. The molecule has 1 atom stereocenters. The minimum Gasteiger partial charge on any atom is -0.465 e. The van der Waals surface area contributed by atoms with Crippen LogP contribution in [0.25, 0.3) is 11.1 Å². The van der Waals surface area contributed by atoms with Gasteiger partial charge in [-0.05, 0) is 61.4 Å². The van der Waals surface area contributed by atoms with Crippen LogP contribution in [0.4, 0.5) is 0 Å². The molecule has 204 valence electrons. The van der Waals surface area contributed by atoms with Crippen LogP contribution in [0.5, 0.6) is 0 Å². The van der Waals surface area contributed by atoms with Gasteiger partial charge in [0, 0.05) is 18.9 Å². The van der Waals surface area contributed by atoms with Gasteiger partial charge in [-0.3, -0.25) is 14.4 Å². The third kappa shape index (κ3) is 7.79. The summed E-state index contributed by atoms with van der Waals surface area (Å²) in [4.78, 5) is 38.1. The van der Waals surface area contributed by atoms with Gasteiger partial charge in [-0.15, -0.1) is 0 Å². The van der Waals surface area contributed by atoms with E-state index in [9.17, 15) is 14.4 Å². The lowest BCUT2D eigenvalue weighted by Gasteiger charge is -2.20. The van der Waals surface area contributed by atoms with Crippen molar-refractivity contribution in [3.8, 4) is 11.1 Å². The zero-order chi connectivity index (χ0) is 27.8. The fourth-order valence-corrected chi connectivity index (χ4v) is 5.01. The molecule has 0 saturated carbocycles. The first-order valence-corrected chi connectivity index (χ1v) is 13.6. The molecule has 0 spiro atoms. The van der Waals surface area contributed by atoms with Crippen LogP contribution in [0.3, 0.4) is 0 Å². The SMILES string of the molecule is CC(C)(C)OC(=O)CCCNC(=O)[C@@H](CC(=O)OCC1c2ccccc2-c2ccccc21)Cc1ccccc1.